The molecule has 0 rings (SSSR count). The minimum atomic E-state index is -3.40. The van der Waals surface area contributed by atoms with E-state index in [0.717, 1.165) is 6.26 Å². The van der Waals surface area contributed by atoms with Gasteiger partial charge in [-0.3, -0.25) is 4.79 Å². The monoisotopic (exact) mass is 282 g/mol. The Morgan fingerprint density at radius 1 is 1.43 bits per heavy atom. The Kier molecular flexibility index (Phi) is 5.15. The van der Waals surface area contributed by atoms with Crippen molar-refractivity contribution < 1.29 is 18.3 Å². The summed E-state index contributed by atoms with van der Waals surface area (Å²) in [4.78, 5) is 11.0. The summed E-state index contributed by atoms with van der Waals surface area (Å²) >= 11 is 15.8. The first-order valence-corrected chi connectivity index (χ1v) is 6.66. The van der Waals surface area contributed by atoms with Gasteiger partial charge in [0.2, 0.25) is 3.79 Å². The van der Waals surface area contributed by atoms with Crippen LogP contribution >= 0.6 is 34.8 Å². The van der Waals surface area contributed by atoms with Crippen molar-refractivity contribution >= 4 is 50.4 Å². The molecule has 0 bridgehead atoms. The summed E-state index contributed by atoms with van der Waals surface area (Å²) < 4.78 is 19.4. The molecule has 0 unspecified atom stereocenters. The lowest BCUT2D eigenvalue weighted by molar-refractivity contribution is -0.118. The number of hydrogen-bond donors (Lipinski definition) is 1. The van der Waals surface area contributed by atoms with Crippen LogP contribution < -0.4 is 0 Å². The van der Waals surface area contributed by atoms with Crippen LogP contribution in [0.3, 0.4) is 0 Å². The fraction of sp³-hybridized carbons (Fsp3) is 0.833. The zero-order chi connectivity index (χ0) is 11.6. The van der Waals surface area contributed by atoms with Gasteiger partial charge in [-0.15, -0.1) is 0 Å². The first kappa shape index (κ1) is 14.5. The predicted octanol–water partition coefficient (Wildman–Crippen LogP) is 0.721. The molecule has 0 saturated carbocycles. The van der Waals surface area contributed by atoms with Gasteiger partial charge in [0.25, 0.3) is 0 Å². The van der Waals surface area contributed by atoms with Gasteiger partial charge in [0, 0.05) is 12.7 Å². The molecule has 0 aromatic carbocycles. The summed E-state index contributed by atoms with van der Waals surface area (Å²) in [5, 5.41) is 9.14. The molecule has 4 nitrogen and oxygen atoms in total. The van der Waals surface area contributed by atoms with Gasteiger partial charge < -0.3 is 5.11 Å². The Balaban J connectivity index is 4.22. The normalized spacial score (nSPS) is 15.2. The molecule has 1 N–H and O–H groups in total. The lowest BCUT2D eigenvalue weighted by Crippen LogP contribution is -2.30. The number of carbonyl (C=O) groups is 1. The topological polar surface area (TPSA) is 71.4 Å². The van der Waals surface area contributed by atoms with Gasteiger partial charge in [-0.25, -0.2) is 8.42 Å². The minimum Gasteiger partial charge on any atom is -0.388 e. The third kappa shape index (κ3) is 6.84. The van der Waals surface area contributed by atoms with Gasteiger partial charge in [0.15, 0.2) is 15.6 Å². The van der Waals surface area contributed by atoms with Crippen molar-refractivity contribution in [2.75, 3.05) is 12.0 Å². The lowest BCUT2D eigenvalue weighted by atomic mass is 10.2. The smallest absolute Gasteiger partial charge is 0.216 e. The van der Waals surface area contributed by atoms with E-state index in [4.69, 9.17) is 39.9 Å². The molecule has 0 aliphatic rings. The van der Waals surface area contributed by atoms with Crippen molar-refractivity contribution in [2.24, 2.45) is 0 Å². The number of carbonyl (C=O) groups excluding carboxylic acids is 1. The van der Waals surface area contributed by atoms with E-state index in [1.165, 1.54) is 0 Å². The first-order valence-electron chi connectivity index (χ1n) is 3.46. The van der Waals surface area contributed by atoms with Crippen LogP contribution in [-0.4, -0.2) is 41.2 Å². The molecule has 84 valence electrons. The maximum atomic E-state index is 11.0. The van der Waals surface area contributed by atoms with Crippen molar-refractivity contribution in [3.8, 4) is 0 Å². The van der Waals surface area contributed by atoms with E-state index in [1.807, 2.05) is 0 Å². The predicted molar refractivity (Wildman–Crippen MR) is 55.6 cm³/mol. The number of halogens is 3. The van der Waals surface area contributed by atoms with Crippen LogP contribution in [0.5, 0.6) is 0 Å². The number of alkyl halides is 3. The largest absolute Gasteiger partial charge is 0.388 e. The standard InChI is InChI=1S/C6H9Cl3O4S/c1-14(12,13)3-4(10)2-5(11)6(7,8)9/h5,11H,2-3H2,1H3/t5-/m1/s1. The number of hydrogen-bond acceptors (Lipinski definition) is 4. The molecule has 0 saturated heterocycles. The molecular weight excluding hydrogens is 274 g/mol. The SMILES string of the molecule is CS(=O)(=O)CC(=O)C[C@@H](O)C(Cl)(Cl)Cl. The van der Waals surface area contributed by atoms with E-state index in [2.05, 4.69) is 0 Å². The number of Topliss-reactive ketones (excluding diaryl/α,β-unsaturated/α-hetero) is 1. The second kappa shape index (κ2) is 4.99. The number of aliphatic hydroxyl groups is 1. The molecule has 8 heteroatoms. The molecule has 0 amide bonds. The highest BCUT2D eigenvalue weighted by atomic mass is 35.6. The molecule has 1 atom stereocenters. The van der Waals surface area contributed by atoms with Crippen molar-refractivity contribution in [2.45, 2.75) is 16.3 Å². The Morgan fingerprint density at radius 3 is 2.14 bits per heavy atom. The van der Waals surface area contributed by atoms with Crippen molar-refractivity contribution in [3.63, 3.8) is 0 Å². The van der Waals surface area contributed by atoms with Crippen LogP contribution in [-0.2, 0) is 14.6 Å². The average molecular weight is 284 g/mol. The van der Waals surface area contributed by atoms with E-state index < -0.39 is 37.7 Å². The van der Waals surface area contributed by atoms with Crippen LogP contribution in [0.1, 0.15) is 6.42 Å². The molecule has 14 heavy (non-hydrogen) atoms. The highest BCUT2D eigenvalue weighted by Gasteiger charge is 2.32. The lowest BCUT2D eigenvalue weighted by Gasteiger charge is -2.17. The van der Waals surface area contributed by atoms with Crippen molar-refractivity contribution in [1.82, 2.24) is 0 Å². The molecule has 0 aromatic heterocycles. The van der Waals surface area contributed by atoms with Crippen LogP contribution in [0.4, 0.5) is 0 Å². The summed E-state index contributed by atoms with van der Waals surface area (Å²) in [6, 6.07) is 0. The summed E-state index contributed by atoms with van der Waals surface area (Å²) in [6.07, 6.45) is -1.09. The highest BCUT2D eigenvalue weighted by molar-refractivity contribution is 7.91. The molecule has 0 radical (unpaired) electrons. The van der Waals surface area contributed by atoms with E-state index in [1.54, 1.807) is 0 Å². The van der Waals surface area contributed by atoms with Gasteiger partial charge >= 0.3 is 0 Å². The number of rotatable bonds is 4. The van der Waals surface area contributed by atoms with E-state index in [9.17, 15) is 13.2 Å². The summed E-state index contributed by atoms with van der Waals surface area (Å²) in [6.45, 7) is 0. The van der Waals surface area contributed by atoms with Crippen LogP contribution in [0, 0.1) is 0 Å². The molecule has 0 heterocycles. The van der Waals surface area contributed by atoms with Gasteiger partial charge in [-0.2, -0.15) is 0 Å². The maximum absolute atomic E-state index is 11.0. The van der Waals surface area contributed by atoms with Gasteiger partial charge in [-0.05, 0) is 0 Å². The molecule has 0 fully saturated rings. The quantitative estimate of drug-likeness (QED) is 0.772. The number of sulfone groups is 1. The molecule has 0 aromatic rings. The van der Waals surface area contributed by atoms with Crippen molar-refractivity contribution in [3.05, 3.63) is 0 Å². The Hall–Kier alpha value is 0.450. The van der Waals surface area contributed by atoms with Crippen LogP contribution in [0.15, 0.2) is 0 Å². The van der Waals surface area contributed by atoms with Crippen LogP contribution in [0.2, 0.25) is 0 Å². The zero-order valence-electron chi connectivity index (χ0n) is 7.21. The molecule has 0 spiro atoms. The summed E-state index contributed by atoms with van der Waals surface area (Å²) in [5.74, 6) is -1.35. The average Bonchev–Trinajstić information content (AvgIpc) is 1.79. The second-order valence-electron chi connectivity index (χ2n) is 2.87. The van der Waals surface area contributed by atoms with E-state index in [0.29, 0.717) is 0 Å². The third-order valence-corrected chi connectivity index (χ3v) is 2.82. The Morgan fingerprint density at radius 2 is 1.86 bits per heavy atom. The fourth-order valence-corrected chi connectivity index (χ4v) is 1.62. The van der Waals surface area contributed by atoms with E-state index in [-0.39, 0.29) is 0 Å². The molecule has 0 aliphatic carbocycles. The number of aliphatic hydroxyl groups excluding tert-OH is 1. The highest BCUT2D eigenvalue weighted by Crippen LogP contribution is 2.31. The van der Waals surface area contributed by atoms with Gasteiger partial charge in [0.1, 0.15) is 11.9 Å². The number of ketones is 1. The van der Waals surface area contributed by atoms with Gasteiger partial charge in [-0.1, -0.05) is 34.8 Å². The first-order chi connectivity index (χ1) is 6.02. The van der Waals surface area contributed by atoms with Crippen molar-refractivity contribution in [1.29, 1.82) is 0 Å². The third-order valence-electron chi connectivity index (χ3n) is 1.22. The zero-order valence-corrected chi connectivity index (χ0v) is 10.3. The van der Waals surface area contributed by atoms with Gasteiger partial charge in [0.05, 0.1) is 0 Å². The second-order valence-corrected chi connectivity index (χ2v) is 7.38. The maximum Gasteiger partial charge on any atom is 0.216 e. The Labute approximate surface area is 97.1 Å². The minimum absolute atomic E-state index is 0.496. The fourth-order valence-electron chi connectivity index (χ4n) is 0.683. The summed E-state index contributed by atoms with van der Waals surface area (Å²) in [7, 11) is -3.40. The molecule has 0 aliphatic heterocycles. The van der Waals surface area contributed by atoms with Crippen LogP contribution in [0.25, 0.3) is 0 Å². The molecular formula is C6H9Cl3O4S. The van der Waals surface area contributed by atoms with E-state index >= 15 is 0 Å². The Bertz CT molecular complexity index is 306. The summed E-state index contributed by atoms with van der Waals surface area (Å²) in [5.41, 5.74) is 0.